The fourth-order valence-corrected chi connectivity index (χ4v) is 4.59. The number of nitrogens with one attached hydrogen (secondary N) is 1. The molecule has 2 heterocycles. The summed E-state index contributed by atoms with van der Waals surface area (Å²) in [4.78, 5) is 15.6. The Morgan fingerprint density at radius 3 is 2.58 bits per heavy atom. The first-order valence-corrected chi connectivity index (χ1v) is 9.70. The second-order valence-electron chi connectivity index (χ2n) is 5.51. The van der Waals surface area contributed by atoms with Gasteiger partial charge in [0.05, 0.1) is 27.5 Å². The number of rotatable bonds is 4. The normalized spacial score (nSPS) is 11.7. The van der Waals surface area contributed by atoms with Gasteiger partial charge in [-0.25, -0.2) is 9.78 Å². The minimum Gasteiger partial charge on any atom is -0.478 e. The average Bonchev–Trinajstić information content (AvgIpc) is 3.09. The highest BCUT2D eigenvalue weighted by atomic mass is 32.2. The van der Waals surface area contributed by atoms with Crippen LogP contribution in [0.3, 0.4) is 0 Å². The molecule has 4 rings (SSSR count). The van der Waals surface area contributed by atoms with Gasteiger partial charge in [0.15, 0.2) is 5.03 Å². The maximum atomic E-state index is 12.8. The smallest absolute Gasteiger partial charge is 0.337 e. The van der Waals surface area contributed by atoms with Crippen molar-refractivity contribution in [1.29, 1.82) is 0 Å². The molecule has 7 nitrogen and oxygen atoms in total. The molecule has 0 amide bonds. The number of carboxylic acid groups (broad SMARTS) is 1. The summed E-state index contributed by atoms with van der Waals surface area (Å²) < 4.78 is 32.7. The second-order valence-corrected chi connectivity index (χ2v) is 7.94. The first kappa shape index (κ1) is 16.4. The van der Waals surface area contributed by atoms with Gasteiger partial charge in [-0.15, -0.1) is 0 Å². The molecule has 0 fully saturated rings. The highest BCUT2D eigenvalue weighted by molar-refractivity contribution is 7.92. The minimum absolute atomic E-state index is 0.0156. The van der Waals surface area contributed by atoms with Gasteiger partial charge in [-0.2, -0.15) is 12.8 Å². The van der Waals surface area contributed by atoms with Gasteiger partial charge in [0.2, 0.25) is 0 Å². The molecule has 9 heteroatoms. The van der Waals surface area contributed by atoms with E-state index in [1.165, 1.54) is 24.5 Å². The Kier molecular flexibility index (Phi) is 3.82. The van der Waals surface area contributed by atoms with Gasteiger partial charge in [-0.05, 0) is 40.5 Å². The maximum Gasteiger partial charge on any atom is 0.337 e. The number of aromatic nitrogens is 2. The quantitative estimate of drug-likeness (QED) is 0.558. The van der Waals surface area contributed by atoms with Crippen molar-refractivity contribution in [3.05, 3.63) is 60.4 Å². The number of nitrogens with zero attached hydrogens (tertiary/aromatic N) is 2. The van der Waals surface area contributed by atoms with Gasteiger partial charge < -0.3 is 5.11 Å². The van der Waals surface area contributed by atoms with Crippen LogP contribution in [0.2, 0.25) is 0 Å². The molecule has 0 unspecified atom stereocenters. The molecule has 0 aliphatic carbocycles. The number of anilines is 1. The van der Waals surface area contributed by atoms with Gasteiger partial charge in [-0.1, -0.05) is 24.3 Å². The number of pyridine rings is 1. The topological polar surface area (TPSA) is 109 Å². The Morgan fingerprint density at radius 1 is 1.12 bits per heavy atom. The number of carboxylic acids is 1. The lowest BCUT2D eigenvalue weighted by molar-refractivity contribution is 0.0698. The molecule has 0 saturated carbocycles. The highest BCUT2D eigenvalue weighted by Crippen LogP contribution is 2.29. The average molecular weight is 385 g/mol. The van der Waals surface area contributed by atoms with Gasteiger partial charge in [-0.3, -0.25) is 4.72 Å². The van der Waals surface area contributed by atoms with Crippen LogP contribution in [0.4, 0.5) is 5.69 Å². The highest BCUT2D eigenvalue weighted by Gasteiger charge is 2.23. The van der Waals surface area contributed by atoms with E-state index < -0.39 is 16.0 Å². The molecule has 0 bridgehead atoms. The summed E-state index contributed by atoms with van der Waals surface area (Å²) in [7, 11) is -4.09. The Hall–Kier alpha value is -3.04. The van der Waals surface area contributed by atoms with Crippen LogP contribution in [-0.2, 0) is 10.0 Å². The largest absolute Gasteiger partial charge is 0.478 e. The van der Waals surface area contributed by atoms with E-state index in [-0.39, 0.29) is 16.3 Å². The van der Waals surface area contributed by atoms with Crippen molar-refractivity contribution in [3.63, 3.8) is 0 Å². The van der Waals surface area contributed by atoms with E-state index in [0.29, 0.717) is 15.5 Å². The lowest BCUT2D eigenvalue weighted by Gasteiger charge is -2.12. The standard InChI is InChI=1S/C17H11N3O4S2/c21-17(22)12-7-10-3-1-2-4-11(10)8-14(12)20-26(23,24)16-13-9-19-25-15(13)5-6-18-16/h1-9,20H,(H,21,22). The van der Waals surface area contributed by atoms with Crippen LogP contribution in [0, 0.1) is 0 Å². The van der Waals surface area contributed by atoms with Crippen LogP contribution >= 0.6 is 11.5 Å². The van der Waals surface area contributed by atoms with Crippen molar-refractivity contribution in [2.45, 2.75) is 5.03 Å². The summed E-state index contributed by atoms with van der Waals surface area (Å²) in [6, 6.07) is 11.7. The summed E-state index contributed by atoms with van der Waals surface area (Å²) in [5.41, 5.74) is -0.152. The van der Waals surface area contributed by atoms with E-state index in [0.717, 1.165) is 16.9 Å². The second kappa shape index (κ2) is 6.04. The lowest BCUT2D eigenvalue weighted by atomic mass is 10.1. The third-order valence-electron chi connectivity index (χ3n) is 3.86. The number of benzene rings is 2. The van der Waals surface area contributed by atoms with E-state index in [2.05, 4.69) is 14.1 Å². The zero-order valence-electron chi connectivity index (χ0n) is 13.1. The van der Waals surface area contributed by atoms with Crippen molar-refractivity contribution in [1.82, 2.24) is 9.36 Å². The molecule has 26 heavy (non-hydrogen) atoms. The molecule has 130 valence electrons. The summed E-state index contributed by atoms with van der Waals surface area (Å²) >= 11 is 1.16. The van der Waals surface area contributed by atoms with E-state index in [1.54, 1.807) is 30.3 Å². The monoisotopic (exact) mass is 385 g/mol. The van der Waals surface area contributed by atoms with Crippen LogP contribution in [0.25, 0.3) is 20.9 Å². The third-order valence-corrected chi connectivity index (χ3v) is 5.95. The number of fused-ring (bicyclic) bond motifs is 2. The fourth-order valence-electron chi connectivity index (χ4n) is 2.68. The molecule has 0 saturated heterocycles. The number of hydrogen-bond acceptors (Lipinski definition) is 6. The Balaban J connectivity index is 1.87. The number of carbonyl (C=O) groups is 1. The number of aromatic carboxylic acids is 1. The van der Waals surface area contributed by atoms with Gasteiger partial charge >= 0.3 is 5.97 Å². The molecule has 2 N–H and O–H groups in total. The molecule has 0 aliphatic heterocycles. The van der Waals surface area contributed by atoms with Crippen molar-refractivity contribution >= 4 is 54.1 Å². The lowest BCUT2D eigenvalue weighted by Crippen LogP contribution is -2.17. The minimum atomic E-state index is -4.09. The molecule has 0 aliphatic rings. The van der Waals surface area contributed by atoms with E-state index in [4.69, 9.17) is 0 Å². The number of hydrogen-bond donors (Lipinski definition) is 2. The third kappa shape index (κ3) is 2.76. The summed E-state index contributed by atoms with van der Waals surface area (Å²) in [5, 5.41) is 11.1. The van der Waals surface area contributed by atoms with Crippen LogP contribution in [0.15, 0.2) is 59.9 Å². The summed E-state index contributed by atoms with van der Waals surface area (Å²) in [6.07, 6.45) is 2.81. The maximum absolute atomic E-state index is 12.8. The van der Waals surface area contributed by atoms with Crippen molar-refractivity contribution in [3.8, 4) is 0 Å². The van der Waals surface area contributed by atoms with Crippen LogP contribution < -0.4 is 4.72 Å². The molecule has 2 aromatic heterocycles. The predicted octanol–water partition coefficient (Wildman–Crippen LogP) is 3.34. The van der Waals surface area contributed by atoms with Gasteiger partial charge in [0, 0.05) is 6.20 Å². The Morgan fingerprint density at radius 2 is 1.85 bits per heavy atom. The fraction of sp³-hybridized carbons (Fsp3) is 0. The number of sulfonamides is 1. The SMILES string of the molecule is O=C(O)c1cc2ccccc2cc1NS(=O)(=O)c1nccc2sncc12. The zero-order chi connectivity index (χ0) is 18.3. The Labute approximate surface area is 152 Å². The van der Waals surface area contributed by atoms with E-state index in [9.17, 15) is 18.3 Å². The van der Waals surface area contributed by atoms with Crippen molar-refractivity contribution in [2.75, 3.05) is 4.72 Å². The van der Waals surface area contributed by atoms with E-state index >= 15 is 0 Å². The first-order valence-electron chi connectivity index (χ1n) is 7.44. The molecule has 4 aromatic rings. The van der Waals surface area contributed by atoms with Gasteiger partial charge in [0.1, 0.15) is 0 Å². The van der Waals surface area contributed by atoms with Crippen LogP contribution in [0.5, 0.6) is 0 Å². The van der Waals surface area contributed by atoms with Crippen molar-refractivity contribution in [2.24, 2.45) is 0 Å². The molecule has 0 spiro atoms. The van der Waals surface area contributed by atoms with Crippen LogP contribution in [0.1, 0.15) is 10.4 Å². The molecule has 2 aromatic carbocycles. The molecular weight excluding hydrogens is 374 g/mol. The Bertz CT molecular complexity index is 1270. The van der Waals surface area contributed by atoms with E-state index in [1.807, 2.05) is 0 Å². The predicted molar refractivity (Wildman–Crippen MR) is 99.1 cm³/mol. The summed E-state index contributed by atoms with van der Waals surface area (Å²) in [5.74, 6) is -1.23. The summed E-state index contributed by atoms with van der Waals surface area (Å²) in [6.45, 7) is 0. The first-order chi connectivity index (χ1) is 12.5. The van der Waals surface area contributed by atoms with Gasteiger partial charge in [0.25, 0.3) is 10.0 Å². The zero-order valence-corrected chi connectivity index (χ0v) is 14.7. The molecule has 0 atom stereocenters. The van der Waals surface area contributed by atoms with Crippen molar-refractivity contribution < 1.29 is 18.3 Å². The molecule has 0 radical (unpaired) electrons. The molecular formula is C17H11N3O4S2. The van der Waals surface area contributed by atoms with Crippen LogP contribution in [-0.4, -0.2) is 28.9 Å².